The minimum absolute atomic E-state index is 0. The Morgan fingerprint density at radius 2 is 1.05 bits per heavy atom. The van der Waals surface area contributed by atoms with Gasteiger partial charge in [-0.3, -0.25) is 9.97 Å². The van der Waals surface area contributed by atoms with Crippen molar-refractivity contribution in [3.63, 3.8) is 0 Å². The molecule has 66 heavy (non-hydrogen) atoms. The largest absolute Gasteiger partial charge is 0.399 e. The third-order valence-electron chi connectivity index (χ3n) is 10.9. The van der Waals surface area contributed by atoms with E-state index >= 15 is 0 Å². The quantitative estimate of drug-likeness (QED) is 0.136. The van der Waals surface area contributed by atoms with Gasteiger partial charge in [-0.05, 0) is 69.9 Å². The highest BCUT2D eigenvalue weighted by Gasteiger charge is 2.20. The zero-order chi connectivity index (χ0) is 47.1. The molecule has 0 bridgehead atoms. The second kappa shape index (κ2) is 22.3. The van der Waals surface area contributed by atoms with Gasteiger partial charge in [0.05, 0.1) is 58.9 Å². The third-order valence-corrected chi connectivity index (χ3v) is 11.8. The summed E-state index contributed by atoms with van der Waals surface area (Å²) in [5.74, 6) is 3.52. The van der Waals surface area contributed by atoms with E-state index in [9.17, 15) is 16.8 Å². The number of hydrogen-bond acceptors (Lipinski definition) is 17. The molecule has 20 heteroatoms. The Bertz CT molecular complexity index is 2810. The summed E-state index contributed by atoms with van der Waals surface area (Å²) in [5.41, 5.74) is 13.2. The first kappa shape index (κ1) is 51.5. The molecule has 2 fully saturated rings. The van der Waals surface area contributed by atoms with Gasteiger partial charge in [-0.1, -0.05) is 19.6 Å². The van der Waals surface area contributed by atoms with Crippen LogP contribution in [0.25, 0.3) is 21.8 Å². The van der Waals surface area contributed by atoms with Gasteiger partial charge in [0.15, 0.2) is 9.84 Å². The number of pyridine rings is 2. The van der Waals surface area contributed by atoms with E-state index in [1.807, 2.05) is 75.6 Å². The number of rotatable bonds is 10. The molecule has 0 spiro atoms. The fourth-order valence-corrected chi connectivity index (χ4v) is 8.61. The van der Waals surface area contributed by atoms with Gasteiger partial charge >= 0.3 is 0 Å². The molecule has 8 rings (SSSR count). The van der Waals surface area contributed by atoms with Crippen LogP contribution in [0.15, 0.2) is 73.1 Å². The number of benzene rings is 2. The summed E-state index contributed by atoms with van der Waals surface area (Å²) in [6.07, 6.45) is 5.76. The molecule has 2 saturated heterocycles. The van der Waals surface area contributed by atoms with Crippen molar-refractivity contribution in [1.82, 2.24) is 39.7 Å². The molecule has 0 saturated carbocycles. The molecular weight excluding hydrogens is 898 g/mol. The standard InChI is InChI=1S/C23H30N6O2S.C21H27N7.CH3ClO2S.CH4/c1-17-25-20(14-22(26-17)29-10-8-27(2)9-11-29)15-28(3)21-13-18(16-32(4,30)31)12-19-6-5-7-24-23(19)21;1-15-24-18(13-20(25-15)28-9-7-26(2)8-10-28)14-27(3)19-12-17(22)11-16-5-4-6-23-21(16)19;1-5(2,3)4;/h5-7,12-14H,8-11,15-16H2,1-4H3;4-6,11-13H,7-10,14,22H2,1-3H3;1H3;1H4. The molecule has 2 aliphatic heterocycles. The van der Waals surface area contributed by atoms with Crippen LogP contribution in [0, 0.1) is 13.8 Å². The zero-order valence-electron chi connectivity index (χ0n) is 38.5. The average molecular weight is 963 g/mol. The summed E-state index contributed by atoms with van der Waals surface area (Å²) in [6, 6.07) is 19.7. The molecular formula is C46H64ClN13O4S2. The van der Waals surface area contributed by atoms with Gasteiger partial charge in [0.25, 0.3) is 0 Å². The Morgan fingerprint density at radius 1 is 0.636 bits per heavy atom. The third kappa shape index (κ3) is 15.0. The van der Waals surface area contributed by atoms with Crippen LogP contribution in [0.3, 0.4) is 0 Å². The number of likely N-dealkylation sites (N-methyl/N-ethyl adjacent to an activating group) is 2. The topological polar surface area (TPSA) is 191 Å². The first-order chi connectivity index (χ1) is 30.7. The number of anilines is 5. The molecule has 2 aromatic carbocycles. The van der Waals surface area contributed by atoms with E-state index in [-0.39, 0.29) is 13.2 Å². The lowest BCUT2D eigenvalue weighted by atomic mass is 10.1. The summed E-state index contributed by atoms with van der Waals surface area (Å²) < 4.78 is 42.6. The van der Waals surface area contributed by atoms with Crippen LogP contribution in [0.5, 0.6) is 0 Å². The number of nitrogen functional groups attached to an aromatic ring is 1. The number of piperazine rings is 2. The predicted molar refractivity (Wildman–Crippen MR) is 271 cm³/mol. The zero-order valence-corrected chi connectivity index (χ0v) is 40.9. The van der Waals surface area contributed by atoms with Gasteiger partial charge in [-0.15, -0.1) is 0 Å². The van der Waals surface area contributed by atoms with E-state index in [1.165, 1.54) is 6.26 Å². The Balaban J connectivity index is 0.000000223. The maximum atomic E-state index is 11.9. The van der Waals surface area contributed by atoms with E-state index in [1.54, 1.807) is 6.20 Å². The van der Waals surface area contributed by atoms with E-state index in [0.717, 1.165) is 138 Å². The monoisotopic (exact) mass is 961 g/mol. The highest BCUT2D eigenvalue weighted by molar-refractivity contribution is 8.13. The molecule has 0 atom stereocenters. The number of nitrogens with two attached hydrogens (primary N) is 1. The number of sulfone groups is 1. The summed E-state index contributed by atoms with van der Waals surface area (Å²) in [7, 11) is 6.50. The van der Waals surface area contributed by atoms with Crippen molar-refractivity contribution in [2.75, 3.05) is 118 Å². The first-order valence-electron chi connectivity index (χ1n) is 21.2. The maximum Gasteiger partial charge on any atom is 0.229 e. The van der Waals surface area contributed by atoms with Crippen molar-refractivity contribution in [2.24, 2.45) is 0 Å². The predicted octanol–water partition coefficient (Wildman–Crippen LogP) is 5.39. The van der Waals surface area contributed by atoms with Gasteiger partial charge < -0.3 is 35.1 Å². The molecule has 4 aromatic heterocycles. The number of aryl methyl sites for hydroxylation is 2. The minimum Gasteiger partial charge on any atom is -0.399 e. The van der Waals surface area contributed by atoms with Crippen LogP contribution in [0.1, 0.15) is 36.0 Å². The van der Waals surface area contributed by atoms with Crippen molar-refractivity contribution < 1.29 is 16.8 Å². The first-order valence-corrected chi connectivity index (χ1v) is 26.0. The number of hydrogen-bond donors (Lipinski definition) is 1. The highest BCUT2D eigenvalue weighted by Crippen LogP contribution is 2.30. The molecule has 356 valence electrons. The smallest absolute Gasteiger partial charge is 0.229 e. The lowest BCUT2D eigenvalue weighted by Crippen LogP contribution is -2.45. The van der Waals surface area contributed by atoms with Gasteiger partial charge in [-0.25, -0.2) is 36.8 Å². The van der Waals surface area contributed by atoms with Crippen LogP contribution in [-0.2, 0) is 37.7 Å². The van der Waals surface area contributed by atoms with Crippen molar-refractivity contribution >= 4 is 80.1 Å². The normalized spacial score (nSPS) is 14.7. The Labute approximate surface area is 395 Å². The van der Waals surface area contributed by atoms with Crippen LogP contribution >= 0.6 is 10.7 Å². The van der Waals surface area contributed by atoms with Crippen molar-refractivity contribution in [1.29, 1.82) is 0 Å². The van der Waals surface area contributed by atoms with E-state index in [4.69, 9.17) is 5.73 Å². The summed E-state index contributed by atoms with van der Waals surface area (Å²) in [6.45, 7) is 13.1. The summed E-state index contributed by atoms with van der Waals surface area (Å²) in [5, 5.41) is 1.97. The highest BCUT2D eigenvalue weighted by atomic mass is 35.7. The van der Waals surface area contributed by atoms with E-state index in [0.29, 0.717) is 13.1 Å². The van der Waals surface area contributed by atoms with Gasteiger partial charge in [0.2, 0.25) is 9.05 Å². The van der Waals surface area contributed by atoms with Gasteiger partial charge in [-0.2, -0.15) is 0 Å². The van der Waals surface area contributed by atoms with Crippen LogP contribution < -0.4 is 25.3 Å². The molecule has 2 aliphatic rings. The number of aromatic nitrogens is 6. The fourth-order valence-electron chi connectivity index (χ4n) is 7.84. The van der Waals surface area contributed by atoms with Gasteiger partial charge in [0, 0.05) is 124 Å². The molecule has 17 nitrogen and oxygen atoms in total. The number of halogens is 1. The van der Waals surface area contributed by atoms with E-state index < -0.39 is 18.9 Å². The average Bonchev–Trinajstić information content (AvgIpc) is 3.22. The fraction of sp³-hybridized carbons (Fsp3) is 0.435. The SMILES string of the molecule is C.CS(=O)(=O)Cl.Cc1nc(CN(C)c2cc(CS(C)(=O)=O)cc3cccnc23)cc(N2CCN(C)CC2)n1.Cc1nc(CN(C)c2cc(N)cc3cccnc23)cc(N2CCN(C)CC2)n1. The summed E-state index contributed by atoms with van der Waals surface area (Å²) in [4.78, 5) is 41.3. The molecule has 0 unspecified atom stereocenters. The second-order valence-corrected chi connectivity index (χ2v) is 22.1. The lowest BCUT2D eigenvalue weighted by Gasteiger charge is -2.33. The molecule has 6 heterocycles. The van der Waals surface area contributed by atoms with E-state index in [2.05, 4.69) is 103 Å². The molecule has 0 radical (unpaired) electrons. The number of fused-ring (bicyclic) bond motifs is 2. The van der Waals surface area contributed by atoms with Crippen molar-refractivity contribution in [3.8, 4) is 0 Å². The molecule has 0 amide bonds. The minimum atomic E-state index is -3.19. The summed E-state index contributed by atoms with van der Waals surface area (Å²) >= 11 is 0. The Morgan fingerprint density at radius 3 is 1.47 bits per heavy atom. The van der Waals surface area contributed by atoms with Crippen molar-refractivity contribution in [2.45, 2.75) is 40.1 Å². The van der Waals surface area contributed by atoms with Crippen LogP contribution in [0.4, 0.5) is 28.7 Å². The lowest BCUT2D eigenvalue weighted by molar-refractivity contribution is 0.312. The number of nitrogens with zero attached hydrogens (tertiary/aromatic N) is 12. The molecule has 0 aliphatic carbocycles. The van der Waals surface area contributed by atoms with Crippen LogP contribution in [-0.4, -0.2) is 150 Å². The van der Waals surface area contributed by atoms with Crippen molar-refractivity contribution in [3.05, 3.63) is 102 Å². The van der Waals surface area contributed by atoms with Gasteiger partial charge in [0.1, 0.15) is 23.3 Å². The maximum absolute atomic E-state index is 11.9. The molecule has 2 N–H and O–H groups in total. The second-order valence-electron chi connectivity index (χ2n) is 16.9. The molecule has 6 aromatic rings. The Kier molecular flexibility index (Phi) is 17.4. The van der Waals surface area contributed by atoms with Crippen LogP contribution in [0.2, 0.25) is 0 Å². The Hall–Kier alpha value is -5.47.